The summed E-state index contributed by atoms with van der Waals surface area (Å²) in [7, 11) is 0. The number of rotatable bonds is 0. The van der Waals surface area contributed by atoms with Gasteiger partial charge in [0.1, 0.15) is 5.83 Å². The van der Waals surface area contributed by atoms with Gasteiger partial charge in [0, 0.05) is 18.9 Å². The van der Waals surface area contributed by atoms with E-state index in [4.69, 9.17) is 10.5 Å². The van der Waals surface area contributed by atoms with Gasteiger partial charge in [-0.25, -0.2) is 4.39 Å². The summed E-state index contributed by atoms with van der Waals surface area (Å²) in [5.74, 6) is -0.0311. The molecular weight excluding hydrogens is 205 g/mol. The van der Waals surface area contributed by atoms with Crippen molar-refractivity contribution in [3.05, 3.63) is 35.2 Å². The van der Waals surface area contributed by atoms with Crippen LogP contribution >= 0.6 is 0 Å². The van der Waals surface area contributed by atoms with Gasteiger partial charge in [0.2, 0.25) is 0 Å². The topological polar surface area (TPSA) is 35.2 Å². The Morgan fingerprint density at radius 1 is 1.25 bits per heavy atom. The lowest BCUT2D eigenvalue weighted by molar-refractivity contribution is 0.0564. The Bertz CT molecular complexity index is 461. The summed E-state index contributed by atoms with van der Waals surface area (Å²) in [5.41, 5.74) is 7.98. The lowest BCUT2D eigenvalue weighted by atomic mass is 9.75. The molecule has 0 unspecified atom stereocenters. The van der Waals surface area contributed by atoms with Crippen LogP contribution in [-0.4, -0.2) is 13.2 Å². The van der Waals surface area contributed by atoms with Crippen molar-refractivity contribution in [3.8, 4) is 0 Å². The van der Waals surface area contributed by atoms with Crippen LogP contribution in [0.2, 0.25) is 0 Å². The molecular formula is C13H14FNO. The molecule has 1 spiro atoms. The van der Waals surface area contributed by atoms with Crippen LogP contribution in [0.4, 0.5) is 10.1 Å². The molecule has 1 heterocycles. The quantitative estimate of drug-likeness (QED) is 0.681. The number of anilines is 1. The molecule has 0 bridgehead atoms. The molecule has 2 N–H and O–H groups in total. The Labute approximate surface area is 93.9 Å². The van der Waals surface area contributed by atoms with Crippen molar-refractivity contribution in [3.63, 3.8) is 0 Å². The third kappa shape index (κ3) is 1.21. The largest absolute Gasteiger partial charge is 0.399 e. The van der Waals surface area contributed by atoms with E-state index in [-0.39, 0.29) is 5.83 Å². The molecule has 3 rings (SSSR count). The van der Waals surface area contributed by atoms with Crippen LogP contribution in [0.3, 0.4) is 0 Å². The summed E-state index contributed by atoms with van der Waals surface area (Å²) in [4.78, 5) is 0. The normalized spacial score (nSPS) is 21.9. The Morgan fingerprint density at radius 2 is 2.00 bits per heavy atom. The van der Waals surface area contributed by atoms with Crippen LogP contribution in [0.1, 0.15) is 24.0 Å². The van der Waals surface area contributed by atoms with Crippen molar-refractivity contribution in [1.82, 2.24) is 0 Å². The molecule has 0 aromatic heterocycles. The molecule has 1 fully saturated rings. The van der Waals surface area contributed by atoms with Crippen molar-refractivity contribution < 1.29 is 9.13 Å². The van der Waals surface area contributed by atoms with E-state index in [2.05, 4.69) is 0 Å². The number of ether oxygens (including phenoxy) is 1. The maximum Gasteiger partial charge on any atom is 0.111 e. The maximum absolute atomic E-state index is 14.2. The predicted molar refractivity (Wildman–Crippen MR) is 61.7 cm³/mol. The minimum absolute atomic E-state index is 0.0311. The van der Waals surface area contributed by atoms with Gasteiger partial charge in [-0.15, -0.1) is 0 Å². The first-order valence-electron chi connectivity index (χ1n) is 5.58. The highest BCUT2D eigenvalue weighted by atomic mass is 19.1. The monoisotopic (exact) mass is 219 g/mol. The van der Waals surface area contributed by atoms with Gasteiger partial charge in [0.25, 0.3) is 0 Å². The zero-order chi connectivity index (χ0) is 11.2. The van der Waals surface area contributed by atoms with E-state index in [1.165, 1.54) is 0 Å². The average Bonchev–Trinajstić information content (AvgIpc) is 2.53. The van der Waals surface area contributed by atoms with Gasteiger partial charge in [0.15, 0.2) is 0 Å². The first kappa shape index (κ1) is 9.85. The zero-order valence-electron chi connectivity index (χ0n) is 9.00. The fraction of sp³-hybridized carbons (Fsp3) is 0.385. The molecule has 1 saturated heterocycles. The lowest BCUT2D eigenvalue weighted by Crippen LogP contribution is -2.33. The number of nitrogen functional groups attached to an aromatic ring is 1. The Hall–Kier alpha value is -1.35. The SMILES string of the molecule is Nc1ccc2c(c1)C=C(F)C21CCOCC1. The molecule has 0 radical (unpaired) electrons. The summed E-state index contributed by atoms with van der Waals surface area (Å²) in [6.07, 6.45) is 3.08. The van der Waals surface area contributed by atoms with Crippen molar-refractivity contribution in [2.75, 3.05) is 18.9 Å². The van der Waals surface area contributed by atoms with Gasteiger partial charge in [-0.1, -0.05) is 6.07 Å². The molecule has 16 heavy (non-hydrogen) atoms. The zero-order valence-corrected chi connectivity index (χ0v) is 9.00. The second kappa shape index (κ2) is 3.32. The van der Waals surface area contributed by atoms with Crippen LogP contribution in [-0.2, 0) is 10.2 Å². The van der Waals surface area contributed by atoms with E-state index in [1.807, 2.05) is 18.2 Å². The van der Waals surface area contributed by atoms with Gasteiger partial charge in [-0.3, -0.25) is 0 Å². The van der Waals surface area contributed by atoms with Gasteiger partial charge in [-0.05, 0) is 42.2 Å². The van der Waals surface area contributed by atoms with E-state index in [0.29, 0.717) is 18.9 Å². The number of nitrogens with two attached hydrogens (primary N) is 1. The van der Waals surface area contributed by atoms with Crippen LogP contribution < -0.4 is 5.73 Å². The van der Waals surface area contributed by atoms with Crippen LogP contribution in [0, 0.1) is 0 Å². The summed E-state index contributed by atoms with van der Waals surface area (Å²) < 4.78 is 19.5. The number of hydrogen-bond donors (Lipinski definition) is 1. The van der Waals surface area contributed by atoms with Crippen molar-refractivity contribution >= 4 is 11.8 Å². The first-order valence-corrected chi connectivity index (χ1v) is 5.58. The van der Waals surface area contributed by atoms with E-state index in [9.17, 15) is 4.39 Å². The maximum atomic E-state index is 14.2. The second-order valence-corrected chi connectivity index (χ2v) is 4.53. The summed E-state index contributed by atoms with van der Waals surface area (Å²) in [6, 6.07) is 5.65. The molecule has 1 aromatic rings. The standard InChI is InChI=1S/C13H14FNO/c14-12-8-9-7-10(15)1-2-11(9)13(12)3-5-16-6-4-13/h1-2,7-8H,3-6,15H2. The van der Waals surface area contributed by atoms with Crippen LogP contribution in [0.15, 0.2) is 24.0 Å². The highest BCUT2D eigenvalue weighted by Crippen LogP contribution is 2.49. The number of hydrogen-bond acceptors (Lipinski definition) is 2. The van der Waals surface area contributed by atoms with E-state index < -0.39 is 5.41 Å². The third-order valence-corrected chi connectivity index (χ3v) is 3.68. The smallest absolute Gasteiger partial charge is 0.111 e. The molecule has 0 atom stereocenters. The first-order chi connectivity index (χ1) is 7.72. The minimum Gasteiger partial charge on any atom is -0.399 e. The molecule has 1 aliphatic carbocycles. The van der Waals surface area contributed by atoms with Gasteiger partial charge in [0.05, 0.1) is 5.41 Å². The minimum atomic E-state index is -0.429. The summed E-state index contributed by atoms with van der Waals surface area (Å²) in [5, 5.41) is 0. The van der Waals surface area contributed by atoms with Crippen molar-refractivity contribution in [2.24, 2.45) is 0 Å². The van der Waals surface area contributed by atoms with E-state index >= 15 is 0 Å². The average molecular weight is 219 g/mol. The van der Waals surface area contributed by atoms with E-state index in [1.54, 1.807) is 6.08 Å². The molecule has 1 aliphatic heterocycles. The fourth-order valence-corrected chi connectivity index (χ4v) is 2.77. The van der Waals surface area contributed by atoms with Crippen LogP contribution in [0.5, 0.6) is 0 Å². The Kier molecular flexibility index (Phi) is 2.04. The summed E-state index contributed by atoms with van der Waals surface area (Å²) >= 11 is 0. The third-order valence-electron chi connectivity index (χ3n) is 3.68. The molecule has 0 amide bonds. The lowest BCUT2D eigenvalue weighted by Gasteiger charge is -2.34. The van der Waals surface area contributed by atoms with Crippen molar-refractivity contribution in [2.45, 2.75) is 18.3 Å². The molecule has 84 valence electrons. The van der Waals surface area contributed by atoms with Gasteiger partial charge in [-0.2, -0.15) is 0 Å². The van der Waals surface area contributed by atoms with Crippen molar-refractivity contribution in [1.29, 1.82) is 0 Å². The van der Waals surface area contributed by atoms with E-state index in [0.717, 1.165) is 24.0 Å². The predicted octanol–water partition coefficient (Wildman–Crippen LogP) is 2.64. The number of fused-ring (bicyclic) bond motifs is 2. The summed E-state index contributed by atoms with van der Waals surface area (Å²) in [6.45, 7) is 1.26. The molecule has 1 aromatic carbocycles. The van der Waals surface area contributed by atoms with Gasteiger partial charge < -0.3 is 10.5 Å². The second-order valence-electron chi connectivity index (χ2n) is 4.53. The number of halogens is 1. The molecule has 2 nitrogen and oxygen atoms in total. The number of allylic oxidation sites excluding steroid dienone is 1. The molecule has 2 aliphatic rings. The Morgan fingerprint density at radius 3 is 2.75 bits per heavy atom. The van der Waals surface area contributed by atoms with Crippen LogP contribution in [0.25, 0.3) is 6.08 Å². The molecule has 0 saturated carbocycles. The van der Waals surface area contributed by atoms with Gasteiger partial charge >= 0.3 is 0 Å². The molecule has 3 heteroatoms. The highest BCUT2D eigenvalue weighted by molar-refractivity contribution is 5.70. The highest BCUT2D eigenvalue weighted by Gasteiger charge is 2.43. The number of benzene rings is 1. The fourth-order valence-electron chi connectivity index (χ4n) is 2.77. The Balaban J connectivity index is 2.13.